The van der Waals surface area contributed by atoms with Gasteiger partial charge in [-0.1, -0.05) is 0 Å². The number of rotatable bonds is 9. The van der Waals surface area contributed by atoms with Crippen LogP contribution < -0.4 is 15.4 Å². The van der Waals surface area contributed by atoms with Gasteiger partial charge in [0.05, 0.1) is 47.9 Å². The number of pyridine rings is 2. The smallest absolute Gasteiger partial charge is 0.205 e. The van der Waals surface area contributed by atoms with Crippen LogP contribution >= 0.6 is 0 Å². The van der Waals surface area contributed by atoms with Crippen molar-refractivity contribution in [2.45, 2.75) is 97.3 Å². The molecule has 0 unspecified atom stereocenters. The van der Waals surface area contributed by atoms with Crippen LogP contribution in [0.25, 0.3) is 0 Å². The summed E-state index contributed by atoms with van der Waals surface area (Å²) in [4.78, 5) is 9.43. The third kappa shape index (κ3) is 7.78. The monoisotopic (exact) mass is 658 g/mol. The molecule has 2 fully saturated rings. The number of ether oxygens (including phenoxy) is 2. The summed E-state index contributed by atoms with van der Waals surface area (Å²) in [5, 5.41) is 44.4. The van der Waals surface area contributed by atoms with Crippen molar-refractivity contribution in [3.05, 3.63) is 105 Å². The molecule has 2 aliphatic carbocycles. The van der Waals surface area contributed by atoms with E-state index in [1.54, 1.807) is 19.1 Å². The minimum absolute atomic E-state index is 0.0773. The van der Waals surface area contributed by atoms with Gasteiger partial charge in [-0.2, -0.15) is 10.5 Å². The Morgan fingerprint density at radius 1 is 0.776 bits per heavy atom. The van der Waals surface area contributed by atoms with E-state index in [2.05, 4.69) is 27.8 Å². The Hall–Kier alpha value is -5.16. The Kier molecular flexibility index (Phi) is 9.73. The first-order chi connectivity index (χ1) is 23.6. The first kappa shape index (κ1) is 33.7. The van der Waals surface area contributed by atoms with Crippen LogP contribution in [0.2, 0.25) is 0 Å². The summed E-state index contributed by atoms with van der Waals surface area (Å²) in [7, 11) is 0. The summed E-state index contributed by atoms with van der Waals surface area (Å²) >= 11 is 0. The van der Waals surface area contributed by atoms with Gasteiger partial charge in [0.2, 0.25) is 5.79 Å². The predicted octanol–water partition coefficient (Wildman–Crippen LogP) is 7.35. The van der Waals surface area contributed by atoms with Crippen molar-refractivity contribution in [3.63, 3.8) is 0 Å². The highest BCUT2D eigenvalue weighted by molar-refractivity contribution is 5.53. The standard InChI is InChI=1S/C21H23N3O2.C18H19N3O2/c1-13-20-18(12-25-21(2,3)26-20)17(19(24-13)15-6-7-15)11-23-16-8-4-14(10-22)5-9-16;1-11-18(23)16(10-22)15(17(21-11)13-4-5-13)9-20-14-6-2-12(8-19)3-7-14/h4-5,8-9,15,23H,6-7,11-12H2,1-3H3;2-3,6-7,13,20,22-23H,4-5,9-10H2,1H3. The second-order valence-corrected chi connectivity index (χ2v) is 13.3. The lowest BCUT2D eigenvalue weighted by Crippen LogP contribution is -2.36. The third-order valence-electron chi connectivity index (χ3n) is 9.12. The molecule has 10 nitrogen and oxygen atoms in total. The number of hydrogen-bond acceptors (Lipinski definition) is 10. The van der Waals surface area contributed by atoms with Crippen molar-refractivity contribution in [2.75, 3.05) is 10.6 Å². The molecular formula is C39H42N6O4. The van der Waals surface area contributed by atoms with Crippen LogP contribution in [0.3, 0.4) is 0 Å². The molecule has 0 bridgehead atoms. The van der Waals surface area contributed by atoms with Crippen molar-refractivity contribution < 1.29 is 19.7 Å². The molecule has 3 heterocycles. The average Bonchev–Trinajstić information content (AvgIpc) is 4.03. The van der Waals surface area contributed by atoms with E-state index >= 15 is 0 Å². The largest absolute Gasteiger partial charge is 0.506 e. The number of aromatic hydroxyl groups is 1. The molecular weight excluding hydrogens is 616 g/mol. The molecule has 0 saturated heterocycles. The van der Waals surface area contributed by atoms with E-state index in [9.17, 15) is 10.2 Å². The number of aromatic nitrogens is 2. The molecule has 2 aromatic heterocycles. The highest BCUT2D eigenvalue weighted by atomic mass is 16.7. The Morgan fingerprint density at radius 3 is 1.76 bits per heavy atom. The number of aliphatic hydroxyl groups excluding tert-OH is 1. The van der Waals surface area contributed by atoms with Crippen LogP contribution in [-0.2, 0) is 31.0 Å². The number of nitrogens with one attached hydrogen (secondary N) is 2. The van der Waals surface area contributed by atoms with E-state index in [1.165, 1.54) is 24.1 Å². The van der Waals surface area contributed by atoms with Gasteiger partial charge in [0, 0.05) is 83.8 Å². The van der Waals surface area contributed by atoms with Crippen LogP contribution in [0, 0.1) is 36.5 Å². The number of nitriles is 2. The van der Waals surface area contributed by atoms with Gasteiger partial charge in [-0.05, 0) is 88.1 Å². The zero-order chi connectivity index (χ0) is 34.7. The molecule has 0 amide bonds. The lowest BCUT2D eigenvalue weighted by atomic mass is 10.00. The topological polar surface area (TPSA) is 156 Å². The average molecular weight is 659 g/mol. The van der Waals surface area contributed by atoms with Crippen LogP contribution in [-0.4, -0.2) is 26.0 Å². The normalized spacial score (nSPS) is 15.8. The molecule has 0 atom stereocenters. The quantitative estimate of drug-likeness (QED) is 0.143. The van der Waals surface area contributed by atoms with Gasteiger partial charge in [-0.15, -0.1) is 0 Å². The Bertz CT molecular complexity index is 1920. The summed E-state index contributed by atoms with van der Waals surface area (Å²) in [6, 6.07) is 18.9. The maximum atomic E-state index is 10.2. The summed E-state index contributed by atoms with van der Waals surface area (Å²) < 4.78 is 12.0. The Morgan fingerprint density at radius 2 is 1.27 bits per heavy atom. The van der Waals surface area contributed by atoms with Gasteiger partial charge in [0.25, 0.3) is 0 Å². The molecule has 3 aliphatic rings. The number of hydrogen-bond donors (Lipinski definition) is 4. The van der Waals surface area contributed by atoms with Gasteiger partial charge >= 0.3 is 0 Å². The lowest BCUT2D eigenvalue weighted by molar-refractivity contribution is -0.180. The molecule has 0 radical (unpaired) electrons. The summed E-state index contributed by atoms with van der Waals surface area (Å²) in [6.07, 6.45) is 4.60. The van der Waals surface area contributed by atoms with Crippen LogP contribution in [0.15, 0.2) is 48.5 Å². The first-order valence-electron chi connectivity index (χ1n) is 16.8. The maximum Gasteiger partial charge on any atom is 0.205 e. The summed E-state index contributed by atoms with van der Waals surface area (Å²) in [5.41, 5.74) is 10.5. The van der Waals surface area contributed by atoms with Gasteiger partial charge in [-0.3, -0.25) is 9.97 Å². The zero-order valence-electron chi connectivity index (χ0n) is 28.4. The summed E-state index contributed by atoms with van der Waals surface area (Å²) in [6.45, 7) is 9.11. The van der Waals surface area contributed by atoms with E-state index < -0.39 is 5.79 Å². The van der Waals surface area contributed by atoms with Crippen molar-refractivity contribution in [3.8, 4) is 23.6 Å². The number of fused-ring (bicyclic) bond motifs is 1. The predicted molar refractivity (Wildman–Crippen MR) is 186 cm³/mol. The van der Waals surface area contributed by atoms with E-state index in [-0.39, 0.29) is 12.4 Å². The molecule has 252 valence electrons. The molecule has 0 spiro atoms. The Balaban J connectivity index is 0.000000171. The van der Waals surface area contributed by atoms with Crippen molar-refractivity contribution >= 4 is 11.4 Å². The molecule has 10 heteroatoms. The number of aliphatic hydroxyl groups is 1. The Labute approximate surface area is 287 Å². The van der Waals surface area contributed by atoms with E-state index in [0.717, 1.165) is 52.5 Å². The van der Waals surface area contributed by atoms with E-state index in [4.69, 9.17) is 25.0 Å². The van der Waals surface area contributed by atoms with Crippen LogP contribution in [0.5, 0.6) is 11.5 Å². The molecule has 49 heavy (non-hydrogen) atoms. The van der Waals surface area contributed by atoms with Crippen molar-refractivity contribution in [2.24, 2.45) is 0 Å². The van der Waals surface area contributed by atoms with Crippen molar-refractivity contribution in [1.82, 2.24) is 9.97 Å². The second kappa shape index (κ2) is 14.1. The van der Waals surface area contributed by atoms with Gasteiger partial charge in [-0.25, -0.2) is 0 Å². The number of anilines is 2. The zero-order valence-corrected chi connectivity index (χ0v) is 28.4. The summed E-state index contributed by atoms with van der Waals surface area (Å²) in [5.74, 6) is 1.29. The fraction of sp³-hybridized carbons (Fsp3) is 0.385. The molecule has 2 aromatic carbocycles. The lowest BCUT2D eigenvalue weighted by Gasteiger charge is -2.35. The first-order valence-corrected chi connectivity index (χ1v) is 16.8. The maximum absolute atomic E-state index is 10.2. The van der Waals surface area contributed by atoms with Crippen LogP contribution in [0.4, 0.5) is 11.4 Å². The number of nitrogens with zero attached hydrogens (tertiary/aromatic N) is 4. The minimum atomic E-state index is -0.627. The fourth-order valence-corrected chi connectivity index (χ4v) is 6.10. The third-order valence-corrected chi connectivity index (χ3v) is 9.12. The van der Waals surface area contributed by atoms with E-state index in [0.29, 0.717) is 53.9 Å². The van der Waals surface area contributed by atoms with Gasteiger partial charge < -0.3 is 30.3 Å². The minimum Gasteiger partial charge on any atom is -0.506 e. The molecule has 2 saturated carbocycles. The highest BCUT2D eigenvalue weighted by Gasteiger charge is 2.36. The SMILES string of the molecule is Cc1nc(C2CC2)c(CNc2ccc(C#N)cc2)c(CO)c1O.Cc1nc(C2CC2)c(CNc2ccc(C#N)cc2)c2c1OC(C)(C)OC2. The van der Waals surface area contributed by atoms with Gasteiger partial charge in [0.15, 0.2) is 0 Å². The highest BCUT2D eigenvalue weighted by Crippen LogP contribution is 2.46. The molecule has 1 aliphatic heterocycles. The number of benzene rings is 2. The second-order valence-electron chi connectivity index (χ2n) is 13.3. The fourth-order valence-electron chi connectivity index (χ4n) is 6.10. The molecule has 7 rings (SSSR count). The van der Waals surface area contributed by atoms with Crippen LogP contribution in [0.1, 0.15) is 108 Å². The number of aryl methyl sites for hydroxylation is 2. The van der Waals surface area contributed by atoms with Crippen molar-refractivity contribution in [1.29, 1.82) is 10.5 Å². The molecule has 4 aromatic rings. The van der Waals surface area contributed by atoms with Gasteiger partial charge in [0.1, 0.15) is 11.5 Å². The molecule has 4 N–H and O–H groups in total. The van der Waals surface area contributed by atoms with E-state index in [1.807, 2.05) is 57.2 Å².